The summed E-state index contributed by atoms with van der Waals surface area (Å²) in [5.41, 5.74) is 2.19. The van der Waals surface area contributed by atoms with Gasteiger partial charge in [-0.3, -0.25) is 0 Å². The lowest BCUT2D eigenvalue weighted by Gasteiger charge is -2.12. The molecule has 1 aliphatic heterocycles. The summed E-state index contributed by atoms with van der Waals surface area (Å²) < 4.78 is 5.29. The van der Waals surface area contributed by atoms with Crippen LogP contribution in [-0.4, -0.2) is 19.3 Å². The van der Waals surface area contributed by atoms with Crippen LogP contribution in [0, 0.1) is 6.92 Å². The molecule has 2 nitrogen and oxygen atoms in total. The Labute approximate surface area is 89.2 Å². The molecular weight excluding hydrogens is 198 g/mol. The molecule has 14 heavy (non-hydrogen) atoms. The predicted octanol–water partition coefficient (Wildman–Crippen LogP) is 2.85. The van der Waals surface area contributed by atoms with Crippen LogP contribution < -0.4 is 5.32 Å². The molecule has 0 amide bonds. The third-order valence-corrected chi connectivity index (χ3v) is 2.88. The fourth-order valence-corrected chi connectivity index (χ4v) is 1.75. The molecule has 1 aromatic carbocycles. The molecular formula is C11H14ClNO. The minimum Gasteiger partial charge on any atom is -0.380 e. The van der Waals surface area contributed by atoms with E-state index in [1.807, 2.05) is 19.1 Å². The Bertz CT molecular complexity index is 321. The number of anilines is 1. The summed E-state index contributed by atoms with van der Waals surface area (Å²) in [4.78, 5) is 0. The van der Waals surface area contributed by atoms with E-state index in [9.17, 15) is 0 Å². The van der Waals surface area contributed by atoms with Gasteiger partial charge in [0, 0.05) is 17.3 Å². The van der Waals surface area contributed by atoms with E-state index in [2.05, 4.69) is 11.4 Å². The van der Waals surface area contributed by atoms with Gasteiger partial charge in [0.2, 0.25) is 0 Å². The fraction of sp³-hybridized carbons (Fsp3) is 0.455. The van der Waals surface area contributed by atoms with Crippen LogP contribution in [0.1, 0.15) is 12.0 Å². The third kappa shape index (κ3) is 2.20. The van der Waals surface area contributed by atoms with Crippen molar-refractivity contribution in [2.24, 2.45) is 0 Å². The number of aryl methyl sites for hydroxylation is 1. The van der Waals surface area contributed by atoms with Gasteiger partial charge in [-0.2, -0.15) is 0 Å². The molecule has 0 spiro atoms. The van der Waals surface area contributed by atoms with Crippen molar-refractivity contribution in [3.05, 3.63) is 28.8 Å². The van der Waals surface area contributed by atoms with Crippen molar-refractivity contribution in [1.82, 2.24) is 0 Å². The largest absolute Gasteiger partial charge is 0.380 e. The molecule has 0 aromatic heterocycles. The normalized spacial score (nSPS) is 21.1. The predicted molar refractivity (Wildman–Crippen MR) is 59.0 cm³/mol. The highest BCUT2D eigenvalue weighted by molar-refractivity contribution is 6.31. The number of benzene rings is 1. The molecule has 0 aliphatic carbocycles. The molecule has 1 heterocycles. The van der Waals surface area contributed by atoms with E-state index in [0.29, 0.717) is 6.04 Å². The molecule has 0 bridgehead atoms. The lowest BCUT2D eigenvalue weighted by atomic mass is 10.2. The van der Waals surface area contributed by atoms with Gasteiger partial charge < -0.3 is 10.1 Å². The molecule has 0 radical (unpaired) electrons. The Morgan fingerprint density at radius 1 is 1.50 bits per heavy atom. The second-order valence-corrected chi connectivity index (χ2v) is 4.08. The number of nitrogens with one attached hydrogen (secondary N) is 1. The van der Waals surface area contributed by atoms with Gasteiger partial charge >= 0.3 is 0 Å². The minimum absolute atomic E-state index is 0.439. The first-order valence-electron chi connectivity index (χ1n) is 4.86. The van der Waals surface area contributed by atoms with Crippen LogP contribution in [0.2, 0.25) is 5.02 Å². The van der Waals surface area contributed by atoms with Gasteiger partial charge in [0.15, 0.2) is 0 Å². The average molecular weight is 212 g/mol. The maximum atomic E-state index is 6.03. The van der Waals surface area contributed by atoms with Crippen LogP contribution in [0.5, 0.6) is 0 Å². The standard InChI is InChI=1S/C11H14ClNO/c1-8-2-3-9(6-11(8)12)13-10-4-5-14-7-10/h2-3,6,10,13H,4-5,7H2,1H3. The quantitative estimate of drug-likeness (QED) is 0.813. The second-order valence-electron chi connectivity index (χ2n) is 3.67. The Hall–Kier alpha value is -0.730. The molecule has 76 valence electrons. The number of rotatable bonds is 2. The van der Waals surface area contributed by atoms with E-state index in [1.165, 1.54) is 0 Å². The Morgan fingerprint density at radius 3 is 3.00 bits per heavy atom. The molecule has 1 unspecified atom stereocenters. The second kappa shape index (κ2) is 4.20. The van der Waals surface area contributed by atoms with Gasteiger partial charge in [-0.1, -0.05) is 17.7 Å². The smallest absolute Gasteiger partial charge is 0.0668 e. The number of hydrogen-bond donors (Lipinski definition) is 1. The summed E-state index contributed by atoms with van der Waals surface area (Å²) >= 11 is 6.03. The Morgan fingerprint density at radius 2 is 2.36 bits per heavy atom. The SMILES string of the molecule is Cc1ccc(NC2CCOC2)cc1Cl. The third-order valence-electron chi connectivity index (χ3n) is 2.47. The summed E-state index contributed by atoms with van der Waals surface area (Å²) in [7, 11) is 0. The molecule has 3 heteroatoms. The minimum atomic E-state index is 0.439. The van der Waals surface area contributed by atoms with E-state index in [-0.39, 0.29) is 0 Å². The first kappa shape index (κ1) is 9.81. The van der Waals surface area contributed by atoms with Crippen molar-refractivity contribution >= 4 is 17.3 Å². The zero-order valence-corrected chi connectivity index (χ0v) is 8.97. The van der Waals surface area contributed by atoms with E-state index in [0.717, 1.165) is 35.9 Å². The van der Waals surface area contributed by atoms with Gasteiger partial charge in [0.25, 0.3) is 0 Å². The van der Waals surface area contributed by atoms with Crippen molar-refractivity contribution < 1.29 is 4.74 Å². The number of ether oxygens (including phenoxy) is 1. The molecule has 1 atom stereocenters. The van der Waals surface area contributed by atoms with Crippen molar-refractivity contribution in [3.8, 4) is 0 Å². The van der Waals surface area contributed by atoms with Crippen molar-refractivity contribution in [2.45, 2.75) is 19.4 Å². The van der Waals surface area contributed by atoms with E-state index in [4.69, 9.17) is 16.3 Å². The number of hydrogen-bond acceptors (Lipinski definition) is 2. The topological polar surface area (TPSA) is 21.3 Å². The van der Waals surface area contributed by atoms with E-state index >= 15 is 0 Å². The zero-order valence-electron chi connectivity index (χ0n) is 8.22. The lowest BCUT2D eigenvalue weighted by Crippen LogP contribution is -2.18. The Balaban J connectivity index is 2.05. The van der Waals surface area contributed by atoms with E-state index in [1.54, 1.807) is 0 Å². The molecule has 1 N–H and O–H groups in total. The Kier molecular flexibility index (Phi) is 2.94. The van der Waals surface area contributed by atoms with Crippen molar-refractivity contribution in [3.63, 3.8) is 0 Å². The van der Waals surface area contributed by atoms with Crippen LogP contribution in [0.25, 0.3) is 0 Å². The van der Waals surface area contributed by atoms with E-state index < -0.39 is 0 Å². The van der Waals surface area contributed by atoms with Crippen molar-refractivity contribution in [1.29, 1.82) is 0 Å². The number of halogens is 1. The highest BCUT2D eigenvalue weighted by atomic mass is 35.5. The highest BCUT2D eigenvalue weighted by Crippen LogP contribution is 2.21. The molecule has 1 aliphatic rings. The van der Waals surface area contributed by atoms with Gasteiger partial charge in [-0.15, -0.1) is 0 Å². The molecule has 1 saturated heterocycles. The summed E-state index contributed by atoms with van der Waals surface area (Å²) in [5, 5.41) is 4.21. The monoisotopic (exact) mass is 211 g/mol. The lowest BCUT2D eigenvalue weighted by molar-refractivity contribution is 0.195. The molecule has 2 rings (SSSR count). The van der Waals surface area contributed by atoms with Crippen molar-refractivity contribution in [2.75, 3.05) is 18.5 Å². The first-order valence-corrected chi connectivity index (χ1v) is 5.24. The summed E-state index contributed by atoms with van der Waals surface area (Å²) in [6.45, 7) is 3.66. The van der Waals surface area contributed by atoms with Gasteiger partial charge in [0.1, 0.15) is 0 Å². The van der Waals surface area contributed by atoms with Crippen LogP contribution >= 0.6 is 11.6 Å². The molecule has 1 aromatic rings. The van der Waals surface area contributed by atoms with Gasteiger partial charge in [-0.05, 0) is 31.0 Å². The van der Waals surface area contributed by atoms with Crippen LogP contribution in [-0.2, 0) is 4.74 Å². The van der Waals surface area contributed by atoms with Gasteiger partial charge in [0.05, 0.1) is 12.6 Å². The maximum Gasteiger partial charge on any atom is 0.0668 e. The maximum absolute atomic E-state index is 6.03. The zero-order chi connectivity index (χ0) is 9.97. The van der Waals surface area contributed by atoms with Crippen LogP contribution in [0.3, 0.4) is 0 Å². The summed E-state index contributed by atoms with van der Waals surface area (Å²) in [6, 6.07) is 6.49. The summed E-state index contributed by atoms with van der Waals surface area (Å²) in [5.74, 6) is 0. The molecule has 0 saturated carbocycles. The van der Waals surface area contributed by atoms with Gasteiger partial charge in [-0.25, -0.2) is 0 Å². The highest BCUT2D eigenvalue weighted by Gasteiger charge is 2.14. The van der Waals surface area contributed by atoms with Crippen LogP contribution in [0.4, 0.5) is 5.69 Å². The average Bonchev–Trinajstić information content (AvgIpc) is 2.64. The molecule has 1 fully saturated rings. The first-order chi connectivity index (χ1) is 6.75. The summed E-state index contributed by atoms with van der Waals surface area (Å²) in [6.07, 6.45) is 1.07. The fourth-order valence-electron chi connectivity index (χ4n) is 1.57. The van der Waals surface area contributed by atoms with Crippen LogP contribution in [0.15, 0.2) is 18.2 Å².